The van der Waals surface area contributed by atoms with Crippen LogP contribution in [0.15, 0.2) is 65.7 Å². The van der Waals surface area contributed by atoms with E-state index in [-0.39, 0.29) is 17.6 Å². The molecule has 0 aromatic heterocycles. The lowest BCUT2D eigenvalue weighted by Gasteiger charge is -2.18. The highest BCUT2D eigenvalue weighted by Gasteiger charge is 2.27. The number of hydrogen-bond acceptors (Lipinski definition) is 3. The van der Waals surface area contributed by atoms with E-state index in [0.717, 1.165) is 18.9 Å². The summed E-state index contributed by atoms with van der Waals surface area (Å²) in [4.78, 5) is 4.81. The summed E-state index contributed by atoms with van der Waals surface area (Å²) in [7, 11) is -2.85. The molecule has 2 N–H and O–H groups in total. The van der Waals surface area contributed by atoms with Gasteiger partial charge in [-0.3, -0.25) is 4.99 Å². The van der Waals surface area contributed by atoms with Crippen molar-refractivity contribution in [1.82, 2.24) is 10.6 Å². The zero-order chi connectivity index (χ0) is 19.8. The van der Waals surface area contributed by atoms with Crippen LogP contribution in [-0.4, -0.2) is 45.5 Å². The SMILES string of the molecule is CCNC(=NCC(c1ccccc1)c1ccccc1)NCC1CCS(=O)(=O)C1. The Morgan fingerprint density at radius 1 is 1.04 bits per heavy atom. The van der Waals surface area contributed by atoms with Gasteiger partial charge in [0.25, 0.3) is 0 Å². The van der Waals surface area contributed by atoms with Gasteiger partial charge in [0, 0.05) is 19.0 Å². The Labute approximate surface area is 168 Å². The molecule has 28 heavy (non-hydrogen) atoms. The van der Waals surface area contributed by atoms with Crippen LogP contribution >= 0.6 is 0 Å². The van der Waals surface area contributed by atoms with Crippen LogP contribution in [0.4, 0.5) is 0 Å². The highest BCUT2D eigenvalue weighted by Crippen LogP contribution is 2.24. The number of aliphatic imine (C=N–C) groups is 1. The minimum absolute atomic E-state index is 0.160. The molecule has 2 aromatic carbocycles. The fraction of sp³-hybridized carbons (Fsp3) is 0.409. The maximum Gasteiger partial charge on any atom is 0.191 e. The summed E-state index contributed by atoms with van der Waals surface area (Å²) >= 11 is 0. The number of guanidine groups is 1. The Kier molecular flexibility index (Phi) is 7.09. The van der Waals surface area contributed by atoms with Crippen molar-refractivity contribution in [1.29, 1.82) is 0 Å². The minimum atomic E-state index is -2.85. The molecule has 150 valence electrons. The van der Waals surface area contributed by atoms with Crippen LogP contribution in [-0.2, 0) is 9.84 Å². The summed E-state index contributed by atoms with van der Waals surface area (Å²) < 4.78 is 23.3. The number of nitrogens with zero attached hydrogens (tertiary/aromatic N) is 1. The Bertz CT molecular complexity index is 828. The molecule has 1 unspecified atom stereocenters. The zero-order valence-corrected chi connectivity index (χ0v) is 17.2. The van der Waals surface area contributed by atoms with Gasteiger partial charge < -0.3 is 10.6 Å². The van der Waals surface area contributed by atoms with E-state index < -0.39 is 9.84 Å². The average Bonchev–Trinajstić information content (AvgIpc) is 3.06. The maximum atomic E-state index is 11.7. The molecule has 0 spiro atoms. The smallest absolute Gasteiger partial charge is 0.191 e. The first kappa shape index (κ1) is 20.4. The zero-order valence-electron chi connectivity index (χ0n) is 16.3. The van der Waals surface area contributed by atoms with Crippen LogP contribution in [0.5, 0.6) is 0 Å². The van der Waals surface area contributed by atoms with Gasteiger partial charge in [-0.2, -0.15) is 0 Å². The first-order chi connectivity index (χ1) is 13.6. The van der Waals surface area contributed by atoms with E-state index >= 15 is 0 Å². The van der Waals surface area contributed by atoms with Crippen LogP contribution in [0.2, 0.25) is 0 Å². The largest absolute Gasteiger partial charge is 0.357 e. The maximum absolute atomic E-state index is 11.7. The molecule has 0 bridgehead atoms. The second-order valence-electron chi connectivity index (χ2n) is 7.24. The van der Waals surface area contributed by atoms with Crippen molar-refractivity contribution in [3.63, 3.8) is 0 Å². The Balaban J connectivity index is 1.71. The number of benzene rings is 2. The van der Waals surface area contributed by atoms with Crippen LogP contribution in [0.25, 0.3) is 0 Å². The molecule has 0 saturated carbocycles. The number of hydrogen-bond donors (Lipinski definition) is 2. The van der Waals surface area contributed by atoms with Crippen LogP contribution < -0.4 is 10.6 Å². The monoisotopic (exact) mass is 399 g/mol. The van der Waals surface area contributed by atoms with E-state index in [1.165, 1.54) is 11.1 Å². The Morgan fingerprint density at radius 3 is 2.14 bits per heavy atom. The molecule has 3 rings (SSSR count). The van der Waals surface area contributed by atoms with Crippen molar-refractivity contribution < 1.29 is 8.42 Å². The summed E-state index contributed by atoms with van der Waals surface area (Å²) in [6, 6.07) is 20.8. The van der Waals surface area contributed by atoms with E-state index in [0.29, 0.717) is 18.8 Å². The highest BCUT2D eigenvalue weighted by atomic mass is 32.2. The molecule has 1 heterocycles. The van der Waals surface area contributed by atoms with E-state index in [1.807, 2.05) is 19.1 Å². The number of sulfone groups is 1. The molecule has 1 aliphatic heterocycles. The molecule has 1 saturated heterocycles. The first-order valence-electron chi connectivity index (χ1n) is 9.90. The Morgan fingerprint density at radius 2 is 1.64 bits per heavy atom. The summed E-state index contributed by atoms with van der Waals surface area (Å²) in [6.07, 6.45) is 0.728. The standard InChI is InChI=1S/C22H29N3O2S/c1-2-23-22(24-15-18-13-14-28(26,27)17-18)25-16-21(19-9-5-3-6-10-19)20-11-7-4-8-12-20/h3-12,18,21H,2,13-17H2,1H3,(H2,23,24,25). The molecule has 0 aliphatic carbocycles. The fourth-order valence-electron chi connectivity index (χ4n) is 3.57. The first-order valence-corrected chi connectivity index (χ1v) is 11.7. The topological polar surface area (TPSA) is 70.6 Å². The summed E-state index contributed by atoms with van der Waals surface area (Å²) in [5.41, 5.74) is 2.46. The van der Waals surface area contributed by atoms with Crippen molar-refractivity contribution in [2.75, 3.05) is 31.1 Å². The normalized spacial score (nSPS) is 18.9. The van der Waals surface area contributed by atoms with Crippen molar-refractivity contribution in [3.8, 4) is 0 Å². The fourth-order valence-corrected chi connectivity index (χ4v) is 5.43. The van der Waals surface area contributed by atoms with E-state index in [9.17, 15) is 8.42 Å². The third-order valence-electron chi connectivity index (χ3n) is 5.07. The molecule has 1 fully saturated rings. The van der Waals surface area contributed by atoms with Gasteiger partial charge in [-0.1, -0.05) is 60.7 Å². The second-order valence-corrected chi connectivity index (χ2v) is 9.47. The van der Waals surface area contributed by atoms with Gasteiger partial charge in [-0.15, -0.1) is 0 Å². The predicted molar refractivity (Wildman–Crippen MR) is 115 cm³/mol. The highest BCUT2D eigenvalue weighted by molar-refractivity contribution is 7.91. The summed E-state index contributed by atoms with van der Waals surface area (Å²) in [5.74, 6) is 1.65. The van der Waals surface area contributed by atoms with E-state index in [2.05, 4.69) is 59.2 Å². The molecule has 5 nitrogen and oxygen atoms in total. The number of nitrogens with one attached hydrogen (secondary N) is 2. The average molecular weight is 400 g/mol. The van der Waals surface area contributed by atoms with Gasteiger partial charge in [-0.05, 0) is 30.4 Å². The molecule has 0 amide bonds. The van der Waals surface area contributed by atoms with Gasteiger partial charge in [0.2, 0.25) is 0 Å². The molecule has 1 aliphatic rings. The minimum Gasteiger partial charge on any atom is -0.357 e. The lowest BCUT2D eigenvalue weighted by molar-refractivity contribution is 0.567. The van der Waals surface area contributed by atoms with Crippen molar-refractivity contribution >= 4 is 15.8 Å². The van der Waals surface area contributed by atoms with E-state index in [4.69, 9.17) is 4.99 Å². The van der Waals surface area contributed by atoms with Crippen molar-refractivity contribution in [2.45, 2.75) is 19.3 Å². The van der Waals surface area contributed by atoms with Gasteiger partial charge in [-0.25, -0.2) is 8.42 Å². The predicted octanol–water partition coefficient (Wildman–Crippen LogP) is 2.81. The molecule has 6 heteroatoms. The number of rotatable bonds is 7. The van der Waals surface area contributed by atoms with Gasteiger partial charge in [0.1, 0.15) is 0 Å². The lowest BCUT2D eigenvalue weighted by atomic mass is 9.91. The van der Waals surface area contributed by atoms with E-state index in [1.54, 1.807) is 0 Å². The molecule has 2 aromatic rings. The molecular formula is C22H29N3O2S. The van der Waals surface area contributed by atoms with Crippen LogP contribution in [0.1, 0.15) is 30.4 Å². The molecule has 1 atom stereocenters. The lowest BCUT2D eigenvalue weighted by Crippen LogP contribution is -2.40. The van der Waals surface area contributed by atoms with Crippen LogP contribution in [0.3, 0.4) is 0 Å². The van der Waals surface area contributed by atoms with Crippen LogP contribution in [0, 0.1) is 5.92 Å². The molecule has 0 radical (unpaired) electrons. The van der Waals surface area contributed by atoms with Crippen molar-refractivity contribution in [2.24, 2.45) is 10.9 Å². The second kappa shape index (κ2) is 9.73. The van der Waals surface area contributed by atoms with Gasteiger partial charge in [0.05, 0.1) is 18.1 Å². The summed E-state index contributed by atoms with van der Waals surface area (Å²) in [5, 5.41) is 6.61. The molecular weight excluding hydrogens is 370 g/mol. The summed E-state index contributed by atoms with van der Waals surface area (Å²) in [6.45, 7) is 4.04. The van der Waals surface area contributed by atoms with Gasteiger partial charge in [0.15, 0.2) is 15.8 Å². The third kappa shape index (κ3) is 5.83. The van der Waals surface area contributed by atoms with Crippen molar-refractivity contribution in [3.05, 3.63) is 71.8 Å². The third-order valence-corrected chi connectivity index (χ3v) is 6.90. The van der Waals surface area contributed by atoms with Gasteiger partial charge >= 0.3 is 0 Å². The quantitative estimate of drug-likeness (QED) is 0.555. The Hall–Kier alpha value is -2.34.